The molecule has 0 saturated carbocycles. The molecule has 6 nitrogen and oxygen atoms in total. The molecule has 2 saturated heterocycles. The third-order valence-corrected chi connectivity index (χ3v) is 6.37. The van der Waals surface area contributed by atoms with Gasteiger partial charge in [-0.05, 0) is 66.0 Å². The summed E-state index contributed by atoms with van der Waals surface area (Å²) in [6.07, 6.45) is 2.75. The number of carbonyl (C=O) groups excluding carboxylic acids is 1. The topological polar surface area (TPSA) is 51.2 Å². The molecule has 0 bridgehead atoms. The molecule has 7 heteroatoms. The standard InChI is InChI=1S/C25H39BN2O4/c1-23(2,3)30-22(29)28-17-15-27(16-18-28)19-21-12-10-20(11-13-21)9-8-14-26-31-24(4,5)25(6,7)32-26/h8,10-14H,9,15-19H2,1-7H3/b14-8+. The molecule has 32 heavy (non-hydrogen) atoms. The van der Waals surface area contributed by atoms with Gasteiger partial charge in [-0.25, -0.2) is 4.79 Å². The lowest BCUT2D eigenvalue weighted by molar-refractivity contribution is 0.00578. The first kappa shape index (κ1) is 24.8. The van der Waals surface area contributed by atoms with Gasteiger partial charge in [0.15, 0.2) is 0 Å². The first-order chi connectivity index (χ1) is 14.8. The summed E-state index contributed by atoms with van der Waals surface area (Å²) in [4.78, 5) is 16.4. The molecular formula is C25H39BN2O4. The minimum absolute atomic E-state index is 0.213. The van der Waals surface area contributed by atoms with Crippen LogP contribution in [0.15, 0.2) is 36.3 Å². The number of rotatable bonds is 5. The summed E-state index contributed by atoms with van der Waals surface area (Å²) in [5, 5.41) is 0. The van der Waals surface area contributed by atoms with Crippen molar-refractivity contribution >= 4 is 13.2 Å². The smallest absolute Gasteiger partial charge is 0.444 e. The molecule has 0 unspecified atom stereocenters. The fourth-order valence-corrected chi connectivity index (χ4v) is 3.74. The highest BCUT2D eigenvalue weighted by molar-refractivity contribution is 6.51. The van der Waals surface area contributed by atoms with Gasteiger partial charge in [-0.1, -0.05) is 36.3 Å². The first-order valence-electron chi connectivity index (χ1n) is 11.7. The molecule has 2 aliphatic heterocycles. The number of piperazine rings is 1. The molecule has 0 aromatic heterocycles. The van der Waals surface area contributed by atoms with E-state index < -0.39 is 5.60 Å². The highest BCUT2D eigenvalue weighted by Crippen LogP contribution is 2.36. The van der Waals surface area contributed by atoms with Crippen LogP contribution in [0.25, 0.3) is 0 Å². The maximum atomic E-state index is 12.2. The number of hydrogen-bond acceptors (Lipinski definition) is 5. The third-order valence-electron chi connectivity index (χ3n) is 6.37. The maximum absolute atomic E-state index is 12.2. The fourth-order valence-electron chi connectivity index (χ4n) is 3.74. The molecule has 2 aliphatic rings. The SMILES string of the molecule is CC(C)(C)OC(=O)N1CCN(Cc2ccc(C/C=C/B3OC(C)(C)C(C)(C)O3)cc2)CC1. The molecule has 0 aliphatic carbocycles. The van der Waals surface area contributed by atoms with Gasteiger partial charge >= 0.3 is 13.2 Å². The maximum Gasteiger partial charge on any atom is 0.486 e. The Morgan fingerprint density at radius 2 is 1.53 bits per heavy atom. The largest absolute Gasteiger partial charge is 0.486 e. The summed E-state index contributed by atoms with van der Waals surface area (Å²) >= 11 is 0. The van der Waals surface area contributed by atoms with Gasteiger partial charge < -0.3 is 18.9 Å². The predicted octanol–water partition coefficient (Wildman–Crippen LogP) is 4.47. The fraction of sp³-hybridized carbons (Fsp3) is 0.640. The molecule has 2 heterocycles. The van der Waals surface area contributed by atoms with Crippen LogP contribution in [-0.4, -0.2) is 66.0 Å². The van der Waals surface area contributed by atoms with Crippen LogP contribution in [-0.2, 0) is 27.0 Å². The van der Waals surface area contributed by atoms with E-state index in [4.69, 9.17) is 14.0 Å². The monoisotopic (exact) mass is 442 g/mol. The van der Waals surface area contributed by atoms with Crippen LogP contribution in [0, 0.1) is 0 Å². The van der Waals surface area contributed by atoms with Crippen LogP contribution in [0.3, 0.4) is 0 Å². The van der Waals surface area contributed by atoms with Gasteiger partial charge in [0.25, 0.3) is 0 Å². The predicted molar refractivity (Wildman–Crippen MR) is 128 cm³/mol. The molecule has 1 amide bonds. The van der Waals surface area contributed by atoms with Gasteiger partial charge in [0.05, 0.1) is 11.2 Å². The summed E-state index contributed by atoms with van der Waals surface area (Å²) in [6, 6.07) is 8.75. The van der Waals surface area contributed by atoms with Gasteiger partial charge in [0.2, 0.25) is 0 Å². The van der Waals surface area contributed by atoms with E-state index in [0.717, 1.165) is 26.1 Å². The Morgan fingerprint density at radius 3 is 2.06 bits per heavy atom. The number of carbonyl (C=O) groups is 1. The van der Waals surface area contributed by atoms with Crippen molar-refractivity contribution in [1.82, 2.24) is 9.80 Å². The Kier molecular flexibility index (Phi) is 7.43. The molecule has 0 atom stereocenters. The highest BCUT2D eigenvalue weighted by atomic mass is 16.7. The van der Waals surface area contributed by atoms with Crippen molar-refractivity contribution in [3.63, 3.8) is 0 Å². The number of amides is 1. The molecule has 0 spiro atoms. The van der Waals surface area contributed by atoms with Crippen LogP contribution in [0.2, 0.25) is 0 Å². The third kappa shape index (κ3) is 6.59. The van der Waals surface area contributed by atoms with Crippen LogP contribution in [0.4, 0.5) is 4.79 Å². The second-order valence-electron chi connectivity index (χ2n) is 10.8. The van der Waals surface area contributed by atoms with Crippen molar-refractivity contribution < 1.29 is 18.8 Å². The van der Waals surface area contributed by atoms with Gasteiger partial charge in [-0.15, -0.1) is 0 Å². The Labute approximate surface area is 194 Å². The summed E-state index contributed by atoms with van der Waals surface area (Å²) in [7, 11) is -0.293. The Bertz CT molecular complexity index is 790. The van der Waals surface area contributed by atoms with Gasteiger partial charge in [-0.2, -0.15) is 0 Å². The summed E-state index contributed by atoms with van der Waals surface area (Å²) in [5.41, 5.74) is 1.49. The van der Waals surface area contributed by atoms with Crippen LogP contribution >= 0.6 is 0 Å². The van der Waals surface area contributed by atoms with E-state index in [1.54, 1.807) is 4.90 Å². The van der Waals surface area contributed by atoms with E-state index in [0.29, 0.717) is 13.1 Å². The van der Waals surface area contributed by atoms with Crippen molar-refractivity contribution in [3.8, 4) is 0 Å². The van der Waals surface area contributed by atoms with Crippen LogP contribution in [0.5, 0.6) is 0 Å². The van der Waals surface area contributed by atoms with E-state index in [1.165, 1.54) is 11.1 Å². The van der Waals surface area contributed by atoms with Gasteiger partial charge in [-0.3, -0.25) is 4.90 Å². The van der Waals surface area contributed by atoms with E-state index in [9.17, 15) is 4.79 Å². The quantitative estimate of drug-likeness (QED) is 0.630. The second kappa shape index (κ2) is 9.58. The molecule has 0 N–H and O–H groups in total. The van der Waals surface area contributed by atoms with Crippen molar-refractivity contribution in [2.45, 2.75) is 78.2 Å². The zero-order chi connectivity index (χ0) is 23.6. The zero-order valence-corrected chi connectivity index (χ0v) is 20.8. The number of benzene rings is 1. The Morgan fingerprint density at radius 1 is 1.00 bits per heavy atom. The lowest BCUT2D eigenvalue weighted by Crippen LogP contribution is -2.49. The Hall–Kier alpha value is -1.83. The van der Waals surface area contributed by atoms with Crippen LogP contribution in [0.1, 0.15) is 59.6 Å². The van der Waals surface area contributed by atoms with E-state index in [2.05, 4.69) is 62.9 Å². The first-order valence-corrected chi connectivity index (χ1v) is 11.7. The molecule has 1 aromatic rings. The van der Waals surface area contributed by atoms with Crippen molar-refractivity contribution in [1.29, 1.82) is 0 Å². The van der Waals surface area contributed by atoms with E-state index in [1.807, 2.05) is 26.7 Å². The van der Waals surface area contributed by atoms with E-state index >= 15 is 0 Å². The number of ether oxygens (including phenoxy) is 1. The number of allylic oxidation sites excluding steroid dienone is 1. The molecule has 176 valence electrons. The summed E-state index contributed by atoms with van der Waals surface area (Å²) in [5.74, 6) is 2.01. The lowest BCUT2D eigenvalue weighted by atomic mass is 9.89. The minimum atomic E-state index is -0.449. The number of nitrogens with zero attached hydrogens (tertiary/aromatic N) is 2. The molecule has 1 aromatic carbocycles. The normalized spacial score (nSPS) is 21.3. The zero-order valence-electron chi connectivity index (χ0n) is 20.8. The lowest BCUT2D eigenvalue weighted by Gasteiger charge is -2.35. The Balaban J connectivity index is 1.42. The van der Waals surface area contributed by atoms with E-state index in [-0.39, 0.29) is 24.4 Å². The van der Waals surface area contributed by atoms with Crippen molar-refractivity contribution in [2.75, 3.05) is 26.2 Å². The molecule has 3 rings (SSSR count). The summed E-state index contributed by atoms with van der Waals surface area (Å²) in [6.45, 7) is 18.0. The van der Waals surface area contributed by atoms with Crippen molar-refractivity contribution in [3.05, 3.63) is 47.4 Å². The highest BCUT2D eigenvalue weighted by Gasteiger charge is 2.49. The average molecular weight is 442 g/mol. The average Bonchev–Trinajstić information content (AvgIpc) is 2.89. The number of hydrogen-bond donors (Lipinski definition) is 0. The second-order valence-corrected chi connectivity index (χ2v) is 10.8. The van der Waals surface area contributed by atoms with Gasteiger partial charge in [0.1, 0.15) is 5.60 Å². The van der Waals surface area contributed by atoms with Gasteiger partial charge in [0, 0.05) is 32.7 Å². The summed E-state index contributed by atoms with van der Waals surface area (Å²) < 4.78 is 17.5. The van der Waals surface area contributed by atoms with Crippen molar-refractivity contribution in [2.24, 2.45) is 0 Å². The molecule has 2 fully saturated rings. The molecular weight excluding hydrogens is 403 g/mol. The minimum Gasteiger partial charge on any atom is -0.444 e. The molecule has 0 radical (unpaired) electrons. The van der Waals surface area contributed by atoms with Crippen LogP contribution < -0.4 is 0 Å².